The summed E-state index contributed by atoms with van der Waals surface area (Å²) in [5, 5.41) is 22.4. The quantitative estimate of drug-likeness (QED) is 0.530. The van der Waals surface area contributed by atoms with Gasteiger partial charge in [0.05, 0.1) is 23.1 Å². The molecule has 3 aromatic rings. The Morgan fingerprint density at radius 3 is 2.56 bits per heavy atom. The van der Waals surface area contributed by atoms with Crippen molar-refractivity contribution in [2.75, 3.05) is 0 Å². The van der Waals surface area contributed by atoms with Gasteiger partial charge in [-0.3, -0.25) is 4.79 Å². The Kier molecular flexibility index (Phi) is 5.02. The average Bonchev–Trinajstić information content (AvgIpc) is 3.13. The van der Waals surface area contributed by atoms with Gasteiger partial charge in [-0.1, -0.05) is 23.3 Å². The van der Waals surface area contributed by atoms with Gasteiger partial charge >= 0.3 is 5.82 Å². The van der Waals surface area contributed by atoms with Crippen LogP contribution in [-0.4, -0.2) is 30.4 Å². The Morgan fingerprint density at radius 1 is 1.19 bits per heavy atom. The molecule has 0 aliphatic rings. The lowest BCUT2D eigenvalue weighted by Gasteiger charge is -2.06. The summed E-state index contributed by atoms with van der Waals surface area (Å²) in [7, 11) is 0. The van der Waals surface area contributed by atoms with Gasteiger partial charge in [-0.15, -0.1) is 4.68 Å². The van der Waals surface area contributed by atoms with Gasteiger partial charge in [-0.05, 0) is 37.8 Å². The van der Waals surface area contributed by atoms with Gasteiger partial charge in [-0.25, -0.2) is 4.68 Å². The van der Waals surface area contributed by atoms with E-state index < -0.39 is 4.92 Å². The van der Waals surface area contributed by atoms with Crippen molar-refractivity contribution in [3.8, 4) is 5.69 Å². The number of carbonyl (C=O) groups excluding carboxylic acids is 1. The molecule has 27 heavy (non-hydrogen) atoms. The first-order valence-electron chi connectivity index (χ1n) is 8.43. The molecule has 9 heteroatoms. The SMILES string of the molecule is Cc1cc([N+](=O)[O-])n(CC(=O)NCc2c(C)nn(-c3ccccc3)c2C)n1. The van der Waals surface area contributed by atoms with E-state index in [4.69, 9.17) is 0 Å². The van der Waals surface area contributed by atoms with Crippen molar-refractivity contribution >= 4 is 11.7 Å². The number of hydrogen-bond acceptors (Lipinski definition) is 5. The van der Waals surface area contributed by atoms with Gasteiger partial charge in [0.1, 0.15) is 0 Å². The molecule has 0 aliphatic heterocycles. The fraction of sp³-hybridized carbons (Fsp3) is 0.278. The van der Waals surface area contributed by atoms with Crippen LogP contribution in [-0.2, 0) is 17.9 Å². The Bertz CT molecular complexity index is 990. The van der Waals surface area contributed by atoms with Gasteiger partial charge in [0.2, 0.25) is 0 Å². The third-order valence-electron chi connectivity index (χ3n) is 4.27. The lowest BCUT2D eigenvalue weighted by atomic mass is 10.2. The molecule has 0 radical (unpaired) electrons. The third kappa shape index (κ3) is 3.86. The number of hydrogen-bond donors (Lipinski definition) is 1. The zero-order valence-corrected chi connectivity index (χ0v) is 15.3. The van der Waals surface area contributed by atoms with Crippen LogP contribution >= 0.6 is 0 Å². The normalized spacial score (nSPS) is 10.8. The molecular formula is C18H20N6O3. The number of amides is 1. The van der Waals surface area contributed by atoms with Crippen molar-refractivity contribution in [2.45, 2.75) is 33.9 Å². The van der Waals surface area contributed by atoms with Gasteiger partial charge in [0, 0.05) is 17.8 Å². The number of para-hydroxylation sites is 1. The zero-order chi connectivity index (χ0) is 19.6. The van der Waals surface area contributed by atoms with Crippen molar-refractivity contribution in [2.24, 2.45) is 0 Å². The number of aryl methyl sites for hydroxylation is 2. The molecule has 0 fully saturated rings. The summed E-state index contributed by atoms with van der Waals surface area (Å²) in [6, 6.07) is 11.1. The highest BCUT2D eigenvalue weighted by molar-refractivity contribution is 5.76. The first-order chi connectivity index (χ1) is 12.9. The number of carbonyl (C=O) groups is 1. The zero-order valence-electron chi connectivity index (χ0n) is 15.3. The number of aromatic nitrogens is 4. The molecule has 1 N–H and O–H groups in total. The maximum absolute atomic E-state index is 12.2. The molecule has 3 rings (SSSR count). The predicted octanol–water partition coefficient (Wildman–Crippen LogP) is 2.22. The lowest BCUT2D eigenvalue weighted by Crippen LogP contribution is -2.28. The predicted molar refractivity (Wildman–Crippen MR) is 98.5 cm³/mol. The molecule has 0 spiro atoms. The summed E-state index contributed by atoms with van der Waals surface area (Å²) in [6.07, 6.45) is 0. The van der Waals surface area contributed by atoms with Crippen LogP contribution in [0, 0.1) is 30.9 Å². The van der Waals surface area contributed by atoms with Crippen LogP contribution in [0.2, 0.25) is 0 Å². The molecule has 1 aromatic carbocycles. The first kappa shape index (κ1) is 18.3. The summed E-state index contributed by atoms with van der Waals surface area (Å²) in [6.45, 7) is 5.55. The number of benzene rings is 1. The Balaban J connectivity index is 1.71. The van der Waals surface area contributed by atoms with Crippen molar-refractivity contribution < 1.29 is 9.72 Å². The summed E-state index contributed by atoms with van der Waals surface area (Å²) in [5.41, 5.74) is 4.10. The van der Waals surface area contributed by atoms with Crippen LogP contribution in [0.25, 0.3) is 5.69 Å². The number of nitro groups is 1. The summed E-state index contributed by atoms with van der Waals surface area (Å²) in [5.74, 6) is -0.556. The third-order valence-corrected chi connectivity index (χ3v) is 4.27. The molecule has 9 nitrogen and oxygen atoms in total. The summed E-state index contributed by atoms with van der Waals surface area (Å²) >= 11 is 0. The van der Waals surface area contributed by atoms with E-state index in [1.807, 2.05) is 48.9 Å². The molecule has 0 saturated carbocycles. The monoisotopic (exact) mass is 368 g/mol. The van der Waals surface area contributed by atoms with E-state index in [2.05, 4.69) is 15.5 Å². The molecule has 0 atom stereocenters. The van der Waals surface area contributed by atoms with Gasteiger partial charge in [0.25, 0.3) is 5.91 Å². The molecule has 1 amide bonds. The largest absolute Gasteiger partial charge is 0.358 e. The van der Waals surface area contributed by atoms with Gasteiger partial charge in [0.15, 0.2) is 6.54 Å². The lowest BCUT2D eigenvalue weighted by molar-refractivity contribution is -0.392. The van der Waals surface area contributed by atoms with E-state index in [-0.39, 0.29) is 24.8 Å². The van der Waals surface area contributed by atoms with E-state index in [0.717, 1.165) is 27.3 Å². The van der Waals surface area contributed by atoms with E-state index in [9.17, 15) is 14.9 Å². The fourth-order valence-corrected chi connectivity index (χ4v) is 2.93. The molecule has 0 unspecified atom stereocenters. The standard InChI is InChI=1S/C18H20N6O3/c1-12-9-18(24(26)27)22(20-12)11-17(25)19-10-16-13(2)21-23(14(16)3)15-7-5-4-6-8-15/h4-9H,10-11H2,1-3H3,(H,19,25). The minimum absolute atomic E-state index is 0.202. The minimum Gasteiger partial charge on any atom is -0.358 e. The van der Waals surface area contributed by atoms with Crippen molar-refractivity contribution in [1.29, 1.82) is 0 Å². The van der Waals surface area contributed by atoms with E-state index in [0.29, 0.717) is 5.69 Å². The fourth-order valence-electron chi connectivity index (χ4n) is 2.93. The van der Waals surface area contributed by atoms with Crippen LogP contribution < -0.4 is 5.32 Å². The second kappa shape index (κ2) is 7.40. The molecule has 0 aliphatic carbocycles. The van der Waals surface area contributed by atoms with E-state index in [1.165, 1.54) is 6.07 Å². The van der Waals surface area contributed by atoms with Crippen LogP contribution in [0.5, 0.6) is 0 Å². The highest BCUT2D eigenvalue weighted by atomic mass is 16.6. The van der Waals surface area contributed by atoms with Crippen LogP contribution in [0.15, 0.2) is 36.4 Å². The van der Waals surface area contributed by atoms with Crippen LogP contribution in [0.1, 0.15) is 22.6 Å². The second-order valence-electron chi connectivity index (χ2n) is 6.23. The smallest absolute Gasteiger partial charge is 0.345 e. The molecule has 0 saturated heterocycles. The van der Waals surface area contributed by atoms with Crippen molar-refractivity contribution in [1.82, 2.24) is 24.9 Å². The first-order valence-corrected chi connectivity index (χ1v) is 8.43. The van der Waals surface area contributed by atoms with E-state index in [1.54, 1.807) is 6.92 Å². The summed E-state index contributed by atoms with van der Waals surface area (Å²) < 4.78 is 2.93. The Hall–Kier alpha value is -3.49. The van der Waals surface area contributed by atoms with Crippen molar-refractivity contribution in [3.05, 3.63) is 69.2 Å². The maximum atomic E-state index is 12.2. The second-order valence-corrected chi connectivity index (χ2v) is 6.23. The molecule has 2 aromatic heterocycles. The topological polar surface area (TPSA) is 108 Å². The van der Waals surface area contributed by atoms with Gasteiger partial charge in [-0.2, -0.15) is 5.10 Å². The number of nitrogens with one attached hydrogen (secondary N) is 1. The molecule has 2 heterocycles. The average molecular weight is 368 g/mol. The summed E-state index contributed by atoms with van der Waals surface area (Å²) in [4.78, 5) is 22.7. The van der Waals surface area contributed by atoms with Crippen LogP contribution in [0.3, 0.4) is 0 Å². The van der Waals surface area contributed by atoms with Crippen LogP contribution in [0.4, 0.5) is 5.82 Å². The Labute approximate surface area is 155 Å². The Morgan fingerprint density at radius 2 is 1.89 bits per heavy atom. The highest BCUT2D eigenvalue weighted by Gasteiger charge is 2.20. The van der Waals surface area contributed by atoms with Gasteiger partial charge < -0.3 is 15.4 Å². The van der Waals surface area contributed by atoms with Crippen molar-refractivity contribution in [3.63, 3.8) is 0 Å². The van der Waals surface area contributed by atoms with E-state index >= 15 is 0 Å². The number of rotatable bonds is 6. The number of nitrogens with zero attached hydrogens (tertiary/aromatic N) is 5. The molecule has 0 bridgehead atoms. The molecule has 140 valence electrons. The molecular weight excluding hydrogens is 348 g/mol. The minimum atomic E-state index is -0.550. The highest BCUT2D eigenvalue weighted by Crippen LogP contribution is 2.18. The maximum Gasteiger partial charge on any atom is 0.345 e.